The molecule has 0 saturated carbocycles. The van der Waals surface area contributed by atoms with Gasteiger partial charge in [0.15, 0.2) is 0 Å². The van der Waals surface area contributed by atoms with Gasteiger partial charge in [-0.2, -0.15) is 0 Å². The molecule has 0 amide bonds. The number of unbranched alkanes of at least 4 members (excludes halogenated alkanes) is 1. The number of ether oxygens (including phenoxy) is 1. The Hall–Kier alpha value is 0.540. The minimum absolute atomic E-state index is 0.0370. The fraction of sp³-hybridized carbons (Fsp3) is 1.00. The van der Waals surface area contributed by atoms with Crippen molar-refractivity contribution in [2.75, 3.05) is 25.0 Å². The Morgan fingerprint density at radius 1 is 1.15 bits per heavy atom. The van der Waals surface area contributed by atoms with Crippen LogP contribution in [0.15, 0.2) is 0 Å². The lowest BCUT2D eigenvalue weighted by molar-refractivity contribution is 0.107. The molecule has 0 radical (unpaired) electrons. The summed E-state index contributed by atoms with van der Waals surface area (Å²) in [6.07, 6.45) is 3.27. The Morgan fingerprint density at radius 2 is 1.77 bits per heavy atom. The van der Waals surface area contributed by atoms with E-state index in [1.165, 1.54) is 6.42 Å². The molecule has 13 heavy (non-hydrogen) atoms. The molecule has 0 bridgehead atoms. The van der Waals surface area contributed by atoms with Crippen molar-refractivity contribution in [3.8, 4) is 0 Å². The van der Waals surface area contributed by atoms with Crippen molar-refractivity contribution in [1.29, 1.82) is 0 Å². The molecule has 0 rings (SSSR count). The minimum atomic E-state index is 0.0370. The molecular weight excluding hydrogens is 207 g/mol. The van der Waals surface area contributed by atoms with E-state index in [9.17, 15) is 0 Å². The van der Waals surface area contributed by atoms with Crippen LogP contribution >= 0.6 is 23.2 Å². The summed E-state index contributed by atoms with van der Waals surface area (Å²) >= 11 is 11.6. The van der Waals surface area contributed by atoms with Crippen LogP contribution in [0.1, 0.15) is 33.1 Å². The second-order valence-electron chi connectivity index (χ2n) is 3.79. The third-order valence-corrected chi connectivity index (χ3v) is 3.43. The number of rotatable bonds is 8. The van der Waals surface area contributed by atoms with E-state index in [0.29, 0.717) is 11.8 Å². The van der Waals surface area contributed by atoms with E-state index < -0.39 is 0 Å². The molecule has 0 aromatic heterocycles. The van der Waals surface area contributed by atoms with Gasteiger partial charge in [-0.05, 0) is 18.3 Å². The zero-order valence-electron chi connectivity index (χ0n) is 8.61. The van der Waals surface area contributed by atoms with Crippen LogP contribution in [-0.2, 0) is 4.74 Å². The molecule has 0 unspecified atom stereocenters. The molecule has 0 atom stereocenters. The lowest BCUT2D eigenvalue weighted by Gasteiger charge is -2.23. The molecule has 0 fully saturated rings. The van der Waals surface area contributed by atoms with Gasteiger partial charge in [0.05, 0.1) is 0 Å². The van der Waals surface area contributed by atoms with Crippen molar-refractivity contribution < 1.29 is 4.74 Å². The molecule has 1 nitrogen and oxygen atoms in total. The molecule has 0 aliphatic rings. The van der Waals surface area contributed by atoms with Crippen LogP contribution in [0.2, 0.25) is 0 Å². The summed E-state index contributed by atoms with van der Waals surface area (Å²) in [7, 11) is 0. The smallest absolute Gasteiger partial charge is 0.0472 e. The van der Waals surface area contributed by atoms with Crippen molar-refractivity contribution >= 4 is 23.2 Å². The van der Waals surface area contributed by atoms with Gasteiger partial charge in [-0.1, -0.05) is 20.3 Å². The summed E-state index contributed by atoms with van der Waals surface area (Å²) in [4.78, 5) is 0. The van der Waals surface area contributed by atoms with Crippen LogP contribution < -0.4 is 0 Å². The van der Waals surface area contributed by atoms with Gasteiger partial charge >= 0.3 is 0 Å². The summed E-state index contributed by atoms with van der Waals surface area (Å²) in [5.74, 6) is 1.21. The first kappa shape index (κ1) is 13.5. The fourth-order valence-corrected chi connectivity index (χ4v) is 1.39. The van der Waals surface area contributed by atoms with E-state index in [2.05, 4.69) is 13.8 Å². The molecule has 0 heterocycles. The number of alkyl halides is 2. The van der Waals surface area contributed by atoms with Gasteiger partial charge in [0.25, 0.3) is 0 Å². The molecule has 0 spiro atoms. The van der Waals surface area contributed by atoms with Crippen LogP contribution in [0.3, 0.4) is 0 Å². The lowest BCUT2D eigenvalue weighted by Crippen LogP contribution is -2.22. The fourth-order valence-electron chi connectivity index (χ4n) is 0.836. The summed E-state index contributed by atoms with van der Waals surface area (Å²) in [5.41, 5.74) is 0.0370. The van der Waals surface area contributed by atoms with E-state index in [4.69, 9.17) is 27.9 Å². The van der Waals surface area contributed by atoms with Crippen LogP contribution in [0.5, 0.6) is 0 Å². The Kier molecular flexibility index (Phi) is 8.23. The number of hydrogen-bond donors (Lipinski definition) is 0. The molecular formula is C10H20Cl2O. The van der Waals surface area contributed by atoms with Gasteiger partial charge < -0.3 is 4.74 Å². The van der Waals surface area contributed by atoms with E-state index in [1.54, 1.807) is 0 Å². The Bertz CT molecular complexity index is 113. The van der Waals surface area contributed by atoms with Gasteiger partial charge in [0, 0.05) is 25.0 Å². The zero-order chi connectivity index (χ0) is 10.2. The first-order valence-corrected chi connectivity index (χ1v) is 5.95. The van der Waals surface area contributed by atoms with Gasteiger partial charge in [0.2, 0.25) is 0 Å². The summed E-state index contributed by atoms with van der Waals surface area (Å²) in [6, 6.07) is 0. The lowest BCUT2D eigenvalue weighted by atomic mass is 9.92. The van der Waals surface area contributed by atoms with Crippen LogP contribution in [-0.4, -0.2) is 25.0 Å². The quantitative estimate of drug-likeness (QED) is 0.454. The predicted octanol–water partition coefficient (Wildman–Crippen LogP) is 3.68. The highest BCUT2D eigenvalue weighted by Crippen LogP contribution is 2.24. The Morgan fingerprint density at radius 3 is 2.23 bits per heavy atom. The molecule has 0 aromatic carbocycles. The van der Waals surface area contributed by atoms with Gasteiger partial charge in [-0.3, -0.25) is 0 Å². The average Bonchev–Trinajstić information content (AvgIpc) is 2.17. The van der Waals surface area contributed by atoms with E-state index >= 15 is 0 Å². The topological polar surface area (TPSA) is 9.23 Å². The SMILES string of the molecule is CCCCOCCC(C)(CCl)CCl. The van der Waals surface area contributed by atoms with Crippen molar-refractivity contribution in [3.63, 3.8) is 0 Å². The molecule has 0 aliphatic heterocycles. The average molecular weight is 227 g/mol. The van der Waals surface area contributed by atoms with Gasteiger partial charge in [-0.15, -0.1) is 23.2 Å². The summed E-state index contributed by atoms with van der Waals surface area (Å²) in [5, 5.41) is 0. The highest BCUT2D eigenvalue weighted by molar-refractivity contribution is 6.21. The van der Waals surface area contributed by atoms with E-state index in [-0.39, 0.29) is 5.41 Å². The maximum atomic E-state index is 5.81. The predicted molar refractivity (Wildman–Crippen MR) is 59.9 cm³/mol. The number of halogens is 2. The third kappa shape index (κ3) is 6.59. The first-order valence-electron chi connectivity index (χ1n) is 4.88. The van der Waals surface area contributed by atoms with Crippen molar-refractivity contribution in [3.05, 3.63) is 0 Å². The maximum absolute atomic E-state index is 5.81. The van der Waals surface area contributed by atoms with Crippen LogP contribution in [0.25, 0.3) is 0 Å². The minimum Gasteiger partial charge on any atom is -0.381 e. The van der Waals surface area contributed by atoms with E-state index in [1.807, 2.05) is 0 Å². The summed E-state index contributed by atoms with van der Waals surface area (Å²) < 4.78 is 5.46. The van der Waals surface area contributed by atoms with E-state index in [0.717, 1.165) is 26.1 Å². The molecule has 3 heteroatoms. The van der Waals surface area contributed by atoms with Crippen LogP contribution in [0, 0.1) is 5.41 Å². The second kappa shape index (κ2) is 7.90. The number of hydrogen-bond acceptors (Lipinski definition) is 1. The normalized spacial score (nSPS) is 12.0. The largest absolute Gasteiger partial charge is 0.381 e. The van der Waals surface area contributed by atoms with Crippen LogP contribution in [0.4, 0.5) is 0 Å². The molecule has 0 N–H and O–H groups in total. The van der Waals surface area contributed by atoms with Gasteiger partial charge in [-0.25, -0.2) is 0 Å². The van der Waals surface area contributed by atoms with Gasteiger partial charge in [0.1, 0.15) is 0 Å². The maximum Gasteiger partial charge on any atom is 0.0472 e. The molecule has 0 aliphatic carbocycles. The Balaban J connectivity index is 3.39. The first-order chi connectivity index (χ1) is 6.18. The molecule has 0 saturated heterocycles. The monoisotopic (exact) mass is 226 g/mol. The third-order valence-electron chi connectivity index (χ3n) is 2.14. The highest BCUT2D eigenvalue weighted by Gasteiger charge is 2.21. The second-order valence-corrected chi connectivity index (χ2v) is 4.33. The summed E-state index contributed by atoms with van der Waals surface area (Å²) in [6.45, 7) is 5.88. The molecule has 0 aromatic rings. The Labute approximate surface area is 91.7 Å². The zero-order valence-corrected chi connectivity index (χ0v) is 10.1. The van der Waals surface area contributed by atoms with Crippen molar-refractivity contribution in [2.45, 2.75) is 33.1 Å². The van der Waals surface area contributed by atoms with Crippen molar-refractivity contribution in [1.82, 2.24) is 0 Å². The van der Waals surface area contributed by atoms with Crippen molar-refractivity contribution in [2.24, 2.45) is 5.41 Å². The standard InChI is InChI=1S/C10H20Cl2O/c1-3-4-6-13-7-5-10(2,8-11)9-12/h3-9H2,1-2H3. The highest BCUT2D eigenvalue weighted by atomic mass is 35.5. The molecule has 80 valence electrons.